The topological polar surface area (TPSA) is 12.0 Å². The number of nitrogens with one attached hydrogen (secondary N) is 1. The number of halogens is 2. The van der Waals surface area contributed by atoms with E-state index in [1.165, 1.54) is 17.2 Å². The summed E-state index contributed by atoms with van der Waals surface area (Å²) >= 11 is 6.18. The minimum atomic E-state index is -0.254. The van der Waals surface area contributed by atoms with Crippen LogP contribution in [0.2, 0.25) is 5.02 Å². The van der Waals surface area contributed by atoms with Crippen molar-refractivity contribution in [3.8, 4) is 0 Å². The van der Waals surface area contributed by atoms with Crippen LogP contribution in [0.15, 0.2) is 42.5 Å². The van der Waals surface area contributed by atoms with Crippen LogP contribution in [0.4, 0.5) is 4.39 Å². The first-order chi connectivity index (χ1) is 9.61. The van der Waals surface area contributed by atoms with E-state index in [2.05, 4.69) is 30.4 Å². The van der Waals surface area contributed by atoms with Gasteiger partial charge in [0.1, 0.15) is 5.82 Å². The highest BCUT2D eigenvalue weighted by Crippen LogP contribution is 2.28. The van der Waals surface area contributed by atoms with E-state index in [0.29, 0.717) is 10.6 Å². The van der Waals surface area contributed by atoms with Gasteiger partial charge in [-0.3, -0.25) is 0 Å². The molecule has 0 fully saturated rings. The molecule has 1 nitrogen and oxygen atoms in total. The average Bonchev–Trinajstić information content (AvgIpc) is 2.38. The summed E-state index contributed by atoms with van der Waals surface area (Å²) in [7, 11) is 0. The molecule has 2 rings (SSSR count). The van der Waals surface area contributed by atoms with Crippen LogP contribution < -0.4 is 5.32 Å². The highest BCUT2D eigenvalue weighted by Gasteiger charge is 2.18. The Morgan fingerprint density at radius 1 is 1.20 bits per heavy atom. The average molecular weight is 292 g/mol. The SMILES string of the molecule is CCNC(Cc1cccc(C)c1)c1c(F)cccc1Cl. The molecule has 0 amide bonds. The third kappa shape index (κ3) is 3.59. The van der Waals surface area contributed by atoms with Gasteiger partial charge in [0.05, 0.1) is 0 Å². The lowest BCUT2D eigenvalue weighted by Crippen LogP contribution is -2.24. The van der Waals surface area contributed by atoms with Crippen LogP contribution in [0.5, 0.6) is 0 Å². The van der Waals surface area contributed by atoms with E-state index in [9.17, 15) is 4.39 Å². The lowest BCUT2D eigenvalue weighted by atomic mass is 9.97. The quantitative estimate of drug-likeness (QED) is 0.843. The van der Waals surface area contributed by atoms with Crippen molar-refractivity contribution in [3.63, 3.8) is 0 Å². The van der Waals surface area contributed by atoms with Crippen LogP contribution in [-0.2, 0) is 6.42 Å². The van der Waals surface area contributed by atoms with E-state index in [1.807, 2.05) is 13.0 Å². The predicted molar refractivity (Wildman–Crippen MR) is 82.7 cm³/mol. The number of hydrogen-bond donors (Lipinski definition) is 1. The lowest BCUT2D eigenvalue weighted by molar-refractivity contribution is 0.510. The van der Waals surface area contributed by atoms with E-state index >= 15 is 0 Å². The van der Waals surface area contributed by atoms with Crippen molar-refractivity contribution < 1.29 is 4.39 Å². The van der Waals surface area contributed by atoms with E-state index < -0.39 is 0 Å². The Morgan fingerprint density at radius 2 is 1.95 bits per heavy atom. The molecular weight excluding hydrogens is 273 g/mol. The molecule has 0 heterocycles. The Bertz CT molecular complexity index is 563. The molecule has 1 unspecified atom stereocenters. The molecule has 3 heteroatoms. The van der Waals surface area contributed by atoms with Gasteiger partial charge in [-0.1, -0.05) is 54.4 Å². The van der Waals surface area contributed by atoms with Crippen molar-refractivity contribution in [2.24, 2.45) is 0 Å². The zero-order valence-electron chi connectivity index (χ0n) is 11.8. The lowest BCUT2D eigenvalue weighted by Gasteiger charge is -2.20. The number of benzene rings is 2. The fourth-order valence-corrected chi connectivity index (χ4v) is 2.74. The standard InChI is InChI=1S/C17H19ClFN/c1-3-20-16(11-13-7-4-6-12(2)10-13)17-14(18)8-5-9-15(17)19/h4-10,16,20H,3,11H2,1-2H3. The van der Waals surface area contributed by atoms with Crippen molar-refractivity contribution in [1.82, 2.24) is 5.32 Å². The van der Waals surface area contributed by atoms with E-state index in [4.69, 9.17) is 11.6 Å². The van der Waals surface area contributed by atoms with Gasteiger partial charge in [0.25, 0.3) is 0 Å². The molecule has 1 N–H and O–H groups in total. The summed E-state index contributed by atoms with van der Waals surface area (Å²) < 4.78 is 14.1. The maximum Gasteiger partial charge on any atom is 0.129 e. The molecule has 0 bridgehead atoms. The van der Waals surface area contributed by atoms with E-state index in [-0.39, 0.29) is 11.9 Å². The van der Waals surface area contributed by atoms with Gasteiger partial charge in [-0.2, -0.15) is 0 Å². The molecule has 0 spiro atoms. The second-order valence-electron chi connectivity index (χ2n) is 4.94. The van der Waals surface area contributed by atoms with Crippen molar-refractivity contribution >= 4 is 11.6 Å². The molecular formula is C17H19ClFN. The van der Waals surface area contributed by atoms with Gasteiger partial charge in [-0.05, 0) is 37.6 Å². The van der Waals surface area contributed by atoms with Crippen molar-refractivity contribution in [2.45, 2.75) is 26.3 Å². The Balaban J connectivity index is 2.32. The molecule has 0 aliphatic heterocycles. The molecule has 106 valence electrons. The van der Waals surface area contributed by atoms with Crippen molar-refractivity contribution in [1.29, 1.82) is 0 Å². The second kappa shape index (κ2) is 6.87. The Morgan fingerprint density at radius 3 is 2.60 bits per heavy atom. The summed E-state index contributed by atoms with van der Waals surface area (Å²) in [5, 5.41) is 3.80. The molecule has 20 heavy (non-hydrogen) atoms. The Hall–Kier alpha value is -1.38. The largest absolute Gasteiger partial charge is 0.310 e. The fraction of sp³-hybridized carbons (Fsp3) is 0.294. The molecule has 0 aliphatic rings. The first-order valence-electron chi connectivity index (χ1n) is 6.84. The summed E-state index contributed by atoms with van der Waals surface area (Å²) in [4.78, 5) is 0. The van der Waals surface area contributed by atoms with E-state index in [0.717, 1.165) is 13.0 Å². The highest BCUT2D eigenvalue weighted by molar-refractivity contribution is 6.31. The predicted octanol–water partition coefficient (Wildman–Crippen LogP) is 4.68. The minimum Gasteiger partial charge on any atom is -0.310 e. The number of hydrogen-bond acceptors (Lipinski definition) is 1. The summed E-state index contributed by atoms with van der Waals surface area (Å²) in [6.45, 7) is 4.83. The third-order valence-electron chi connectivity index (χ3n) is 3.32. The first-order valence-corrected chi connectivity index (χ1v) is 7.22. The summed E-state index contributed by atoms with van der Waals surface area (Å²) in [6.07, 6.45) is 0.718. The molecule has 1 atom stereocenters. The van der Waals surface area contributed by atoms with Crippen LogP contribution in [0.1, 0.15) is 29.7 Å². The van der Waals surface area contributed by atoms with Crippen molar-refractivity contribution in [2.75, 3.05) is 6.54 Å². The Kier molecular flexibility index (Phi) is 5.16. The smallest absolute Gasteiger partial charge is 0.129 e. The molecule has 0 aliphatic carbocycles. The zero-order valence-corrected chi connectivity index (χ0v) is 12.5. The molecule has 2 aromatic carbocycles. The maximum atomic E-state index is 14.1. The van der Waals surface area contributed by atoms with Crippen LogP contribution in [0, 0.1) is 12.7 Å². The summed E-state index contributed by atoms with van der Waals surface area (Å²) in [5.41, 5.74) is 2.94. The molecule has 2 aromatic rings. The molecule has 0 saturated carbocycles. The van der Waals surface area contributed by atoms with Crippen LogP contribution in [-0.4, -0.2) is 6.54 Å². The monoisotopic (exact) mass is 291 g/mol. The Labute approximate surface area is 124 Å². The molecule has 0 radical (unpaired) electrons. The first kappa shape index (κ1) is 15.0. The minimum absolute atomic E-state index is 0.115. The van der Waals surface area contributed by atoms with Gasteiger partial charge < -0.3 is 5.32 Å². The second-order valence-corrected chi connectivity index (χ2v) is 5.35. The van der Waals surface area contributed by atoms with Gasteiger partial charge >= 0.3 is 0 Å². The number of aryl methyl sites for hydroxylation is 1. The van der Waals surface area contributed by atoms with Gasteiger partial charge in [-0.15, -0.1) is 0 Å². The number of rotatable bonds is 5. The highest BCUT2D eigenvalue weighted by atomic mass is 35.5. The van der Waals surface area contributed by atoms with Crippen molar-refractivity contribution in [3.05, 3.63) is 70.0 Å². The normalized spacial score (nSPS) is 12.4. The summed E-state index contributed by atoms with van der Waals surface area (Å²) in [6, 6.07) is 13.0. The summed E-state index contributed by atoms with van der Waals surface area (Å²) in [5.74, 6) is -0.254. The van der Waals surface area contributed by atoms with Crippen LogP contribution >= 0.6 is 11.6 Å². The van der Waals surface area contributed by atoms with Gasteiger partial charge in [0.15, 0.2) is 0 Å². The van der Waals surface area contributed by atoms with Crippen LogP contribution in [0.3, 0.4) is 0 Å². The van der Waals surface area contributed by atoms with Crippen LogP contribution in [0.25, 0.3) is 0 Å². The molecule has 0 aromatic heterocycles. The van der Waals surface area contributed by atoms with E-state index in [1.54, 1.807) is 12.1 Å². The zero-order chi connectivity index (χ0) is 14.5. The fourth-order valence-electron chi connectivity index (χ4n) is 2.44. The number of likely N-dealkylation sites (N-methyl/N-ethyl adjacent to an activating group) is 1. The maximum absolute atomic E-state index is 14.1. The van der Waals surface area contributed by atoms with Gasteiger partial charge in [0, 0.05) is 16.6 Å². The van der Waals surface area contributed by atoms with Gasteiger partial charge in [0.2, 0.25) is 0 Å². The van der Waals surface area contributed by atoms with Gasteiger partial charge in [-0.25, -0.2) is 4.39 Å². The third-order valence-corrected chi connectivity index (χ3v) is 3.65. The molecule has 0 saturated heterocycles.